The van der Waals surface area contributed by atoms with Crippen molar-refractivity contribution in [3.8, 4) is 0 Å². The highest BCUT2D eigenvalue weighted by molar-refractivity contribution is 5.71. The Morgan fingerprint density at radius 1 is 0.290 bits per heavy atom. The normalized spacial score (nSPS) is 13.3. The Morgan fingerprint density at radius 3 is 0.826 bits per heavy atom. The summed E-state index contributed by atoms with van der Waals surface area (Å²) >= 11 is 0. The van der Waals surface area contributed by atoms with Crippen LogP contribution in [0.2, 0.25) is 0 Å². The minimum atomic E-state index is -0.818. The van der Waals surface area contributed by atoms with Crippen LogP contribution >= 0.6 is 0 Å². The lowest BCUT2D eigenvalue weighted by Gasteiger charge is -2.18. The summed E-state index contributed by atoms with van der Waals surface area (Å²) < 4.78 is 16.8. The fourth-order valence-corrected chi connectivity index (χ4v) is 6.83. The van der Waals surface area contributed by atoms with E-state index in [1.54, 1.807) is 0 Å². The van der Waals surface area contributed by atoms with Gasteiger partial charge >= 0.3 is 17.9 Å². The van der Waals surface area contributed by atoms with Crippen molar-refractivity contribution in [1.29, 1.82) is 0 Å². The highest BCUT2D eigenvalue weighted by atomic mass is 16.6. The number of rotatable bonds is 47. The number of carbonyl (C=O) groups is 3. The van der Waals surface area contributed by atoms with E-state index in [1.165, 1.54) is 0 Å². The first kappa shape index (κ1) is 64.3. The maximum atomic E-state index is 12.8. The number of esters is 3. The third kappa shape index (κ3) is 54.1. The molecule has 6 nitrogen and oxygen atoms in total. The van der Waals surface area contributed by atoms with Gasteiger partial charge in [0.15, 0.2) is 6.10 Å². The molecule has 69 heavy (non-hydrogen) atoms. The fraction of sp³-hybridized carbons (Fsp3) is 0.571. The molecule has 0 rings (SSSR count). The van der Waals surface area contributed by atoms with Crippen LogP contribution in [0.3, 0.4) is 0 Å². The lowest BCUT2D eigenvalue weighted by molar-refractivity contribution is -0.167. The van der Waals surface area contributed by atoms with Gasteiger partial charge in [0.05, 0.1) is 0 Å². The zero-order valence-electron chi connectivity index (χ0n) is 44.0. The first-order valence-corrected chi connectivity index (χ1v) is 27.3. The number of carbonyl (C=O) groups excluding carboxylic acids is 3. The molecule has 0 spiro atoms. The zero-order chi connectivity index (χ0) is 50.0. The summed E-state index contributed by atoms with van der Waals surface area (Å²) in [6, 6.07) is 0. The van der Waals surface area contributed by atoms with Crippen molar-refractivity contribution in [2.24, 2.45) is 0 Å². The average molecular weight is 951 g/mol. The summed E-state index contributed by atoms with van der Waals surface area (Å²) in [6.45, 7) is 6.22. The van der Waals surface area contributed by atoms with Gasteiger partial charge < -0.3 is 14.2 Å². The molecule has 1 atom stereocenters. The maximum Gasteiger partial charge on any atom is 0.306 e. The Bertz CT molecular complexity index is 1560. The van der Waals surface area contributed by atoms with Crippen molar-refractivity contribution in [3.63, 3.8) is 0 Å². The van der Waals surface area contributed by atoms with Gasteiger partial charge in [0.2, 0.25) is 0 Å². The molecular formula is C63H98O6. The number of unbranched alkanes of at least 4 members (excludes halogenated alkanes) is 12. The predicted octanol–water partition coefficient (Wildman–Crippen LogP) is 18.4. The van der Waals surface area contributed by atoms with E-state index in [0.717, 1.165) is 173 Å². The van der Waals surface area contributed by atoms with Gasteiger partial charge in [0.25, 0.3) is 0 Å². The van der Waals surface area contributed by atoms with Crippen LogP contribution in [0.25, 0.3) is 0 Å². The number of allylic oxidation sites excluding steroid dienone is 24. The lowest BCUT2D eigenvalue weighted by Crippen LogP contribution is -2.30. The monoisotopic (exact) mass is 951 g/mol. The predicted molar refractivity (Wildman–Crippen MR) is 297 cm³/mol. The smallest absolute Gasteiger partial charge is 0.306 e. The second-order valence-electron chi connectivity index (χ2n) is 17.3. The Balaban J connectivity index is 4.55. The van der Waals surface area contributed by atoms with E-state index < -0.39 is 6.10 Å². The number of hydrogen-bond acceptors (Lipinski definition) is 6. The van der Waals surface area contributed by atoms with Crippen LogP contribution in [-0.2, 0) is 28.6 Å². The van der Waals surface area contributed by atoms with Crippen molar-refractivity contribution in [2.75, 3.05) is 13.2 Å². The Labute approximate surface area is 423 Å². The van der Waals surface area contributed by atoms with Gasteiger partial charge in [-0.1, -0.05) is 205 Å². The third-order valence-corrected chi connectivity index (χ3v) is 10.8. The van der Waals surface area contributed by atoms with Gasteiger partial charge in [-0.05, 0) is 135 Å². The molecule has 0 unspecified atom stereocenters. The Kier molecular flexibility index (Phi) is 52.1. The molecule has 0 bridgehead atoms. The van der Waals surface area contributed by atoms with Crippen LogP contribution in [0.5, 0.6) is 0 Å². The first-order chi connectivity index (χ1) is 34.0. The van der Waals surface area contributed by atoms with E-state index in [-0.39, 0.29) is 37.5 Å². The first-order valence-electron chi connectivity index (χ1n) is 27.3. The second kappa shape index (κ2) is 55.9. The molecule has 0 fully saturated rings. The molecule has 0 saturated heterocycles. The van der Waals surface area contributed by atoms with E-state index in [9.17, 15) is 14.4 Å². The largest absolute Gasteiger partial charge is 0.462 e. The van der Waals surface area contributed by atoms with Gasteiger partial charge in [-0.25, -0.2) is 0 Å². The van der Waals surface area contributed by atoms with Gasteiger partial charge in [-0.15, -0.1) is 0 Å². The van der Waals surface area contributed by atoms with Crippen LogP contribution in [0, 0.1) is 0 Å². The molecule has 0 amide bonds. The van der Waals surface area contributed by atoms with E-state index in [1.807, 2.05) is 0 Å². The number of ether oxygens (including phenoxy) is 3. The van der Waals surface area contributed by atoms with Crippen molar-refractivity contribution < 1.29 is 28.6 Å². The minimum Gasteiger partial charge on any atom is -0.462 e. The summed E-state index contributed by atoms with van der Waals surface area (Å²) in [7, 11) is 0. The molecule has 0 radical (unpaired) electrons. The van der Waals surface area contributed by atoms with Crippen LogP contribution in [0.15, 0.2) is 146 Å². The molecule has 0 aliphatic heterocycles. The van der Waals surface area contributed by atoms with Crippen LogP contribution in [0.1, 0.15) is 213 Å². The lowest BCUT2D eigenvalue weighted by atomic mass is 10.1. The molecule has 0 aromatic heterocycles. The van der Waals surface area contributed by atoms with Gasteiger partial charge in [0, 0.05) is 19.3 Å². The van der Waals surface area contributed by atoms with Gasteiger partial charge in [-0.2, -0.15) is 0 Å². The van der Waals surface area contributed by atoms with E-state index >= 15 is 0 Å². The fourth-order valence-electron chi connectivity index (χ4n) is 6.83. The summed E-state index contributed by atoms with van der Waals surface area (Å²) in [4.78, 5) is 38.1. The van der Waals surface area contributed by atoms with Crippen molar-refractivity contribution in [1.82, 2.24) is 0 Å². The molecule has 0 aromatic rings. The van der Waals surface area contributed by atoms with E-state index in [2.05, 4.69) is 167 Å². The molecule has 0 aliphatic rings. The van der Waals surface area contributed by atoms with Crippen molar-refractivity contribution >= 4 is 17.9 Å². The molecule has 6 heteroatoms. The second-order valence-corrected chi connectivity index (χ2v) is 17.3. The van der Waals surface area contributed by atoms with Crippen LogP contribution in [-0.4, -0.2) is 37.2 Å². The molecule has 0 aliphatic carbocycles. The summed E-state index contributed by atoms with van der Waals surface area (Å²) in [5.41, 5.74) is 0. The number of hydrogen-bond donors (Lipinski definition) is 0. The Morgan fingerprint density at radius 2 is 0.522 bits per heavy atom. The quantitative estimate of drug-likeness (QED) is 0.0262. The van der Waals surface area contributed by atoms with Crippen LogP contribution in [0.4, 0.5) is 0 Å². The molecule has 0 saturated carbocycles. The molecule has 0 aromatic carbocycles. The Hall–Kier alpha value is -4.71. The topological polar surface area (TPSA) is 78.9 Å². The van der Waals surface area contributed by atoms with E-state index in [0.29, 0.717) is 12.8 Å². The zero-order valence-corrected chi connectivity index (χ0v) is 44.0. The molecular weight excluding hydrogens is 853 g/mol. The summed E-state index contributed by atoms with van der Waals surface area (Å²) in [5, 5.41) is 0. The average Bonchev–Trinajstić information content (AvgIpc) is 3.35. The molecule has 386 valence electrons. The van der Waals surface area contributed by atoms with Gasteiger partial charge in [0.1, 0.15) is 13.2 Å². The molecule has 0 N–H and O–H groups in total. The standard InChI is InChI=1S/C63H98O6/c1-4-7-10-13-16-19-22-25-28-30-31-33-36-38-41-44-47-50-53-56-62(65)68-59-60(69-63(66)57-54-51-48-45-42-39-34-27-24-21-18-15-12-9-6-3)58-67-61(64)55-52-49-46-43-40-37-35-32-29-26-23-20-17-14-11-8-5-2/h7-12,16-21,25-29,31,33-35,37-38,41,60H,4-6,13-15,22-24,30,32,36,39-40,42-59H2,1-3H3/b10-7-,11-8-,12-9-,19-16-,20-17-,21-18-,28-25-,29-26-,33-31-,34-27-,37-35-,41-38-/t60-/m0/s1. The van der Waals surface area contributed by atoms with Crippen molar-refractivity contribution in [3.05, 3.63) is 146 Å². The van der Waals surface area contributed by atoms with Crippen LogP contribution < -0.4 is 0 Å². The minimum absolute atomic E-state index is 0.115. The summed E-state index contributed by atoms with van der Waals surface area (Å²) in [5.74, 6) is -0.995. The maximum absolute atomic E-state index is 12.8. The summed E-state index contributed by atoms with van der Waals surface area (Å²) in [6.07, 6.45) is 79.7. The molecule has 0 heterocycles. The van der Waals surface area contributed by atoms with Crippen molar-refractivity contribution in [2.45, 2.75) is 219 Å². The van der Waals surface area contributed by atoms with Gasteiger partial charge in [-0.3, -0.25) is 14.4 Å². The highest BCUT2D eigenvalue weighted by Crippen LogP contribution is 2.12. The third-order valence-electron chi connectivity index (χ3n) is 10.8. The SMILES string of the molecule is CC/C=C\C/C=C\C/C=C\C/C=C\C/C=C\CCCCCC(=O)OC[C@H](COC(=O)CCCCCC/C=C\C/C=C\C/C=C\C/C=C\CC)OC(=O)CCCCCCC/C=C\C/C=C\C/C=C\CC. The van der Waals surface area contributed by atoms with E-state index in [4.69, 9.17) is 14.2 Å². The highest BCUT2D eigenvalue weighted by Gasteiger charge is 2.19.